The highest BCUT2D eigenvalue weighted by molar-refractivity contribution is 6.24. The van der Waals surface area contributed by atoms with Crippen LogP contribution in [-0.4, -0.2) is 13.7 Å². The summed E-state index contributed by atoms with van der Waals surface area (Å²) in [7, 11) is 0. The first-order chi connectivity index (χ1) is 30.9. The van der Waals surface area contributed by atoms with Crippen LogP contribution in [0.25, 0.3) is 104 Å². The van der Waals surface area contributed by atoms with E-state index in [1.807, 2.05) is 30.3 Å². The first kappa shape index (κ1) is 37.7. The van der Waals surface area contributed by atoms with Gasteiger partial charge in [-0.3, -0.25) is 0 Å². The molecule has 0 saturated carbocycles. The van der Waals surface area contributed by atoms with Crippen molar-refractivity contribution in [2.75, 3.05) is 0 Å². The van der Waals surface area contributed by atoms with Gasteiger partial charge in [-0.1, -0.05) is 108 Å². The van der Waals surface area contributed by atoms with Crippen LogP contribution >= 0.6 is 0 Å². The fourth-order valence-corrected chi connectivity index (χ4v) is 10.2. The fraction of sp³-hybridized carbons (Fsp3) is 0.138. The molecule has 0 aliphatic rings. The van der Waals surface area contributed by atoms with E-state index in [4.69, 9.17) is 4.42 Å². The SMILES string of the molecule is CC(C)(C)c1ccc2c(c1)c1cc(C(C)(C)C)ccc1n2-c1cc(C#N)cc(-n2c3ccc(-n4c5ccccc5c5ccccc54)cc3c3c4oc5ccccc5c4ccc32)c1C#N. The third kappa shape index (κ3) is 5.30. The number of hydrogen-bond acceptors (Lipinski definition) is 3. The second-order valence-corrected chi connectivity index (χ2v) is 19.3. The Morgan fingerprint density at radius 1 is 0.422 bits per heavy atom. The van der Waals surface area contributed by atoms with E-state index in [-0.39, 0.29) is 10.8 Å². The Kier molecular flexibility index (Phi) is 7.79. The monoisotopic (exact) mass is 825 g/mol. The largest absolute Gasteiger partial charge is 0.455 e. The molecule has 12 aromatic rings. The number of para-hydroxylation sites is 3. The molecule has 4 heterocycles. The molecule has 0 unspecified atom stereocenters. The van der Waals surface area contributed by atoms with Crippen molar-refractivity contribution in [1.29, 1.82) is 10.5 Å². The molecular weight excluding hydrogens is 783 g/mol. The maximum absolute atomic E-state index is 11.5. The molecular formula is C58H43N5O. The van der Waals surface area contributed by atoms with Crippen molar-refractivity contribution >= 4 is 87.4 Å². The van der Waals surface area contributed by atoms with Gasteiger partial charge in [-0.25, -0.2) is 0 Å². The van der Waals surface area contributed by atoms with Crippen LogP contribution in [0.3, 0.4) is 0 Å². The Morgan fingerprint density at radius 2 is 0.922 bits per heavy atom. The van der Waals surface area contributed by atoms with E-state index in [9.17, 15) is 10.5 Å². The topological polar surface area (TPSA) is 75.5 Å². The van der Waals surface area contributed by atoms with Gasteiger partial charge in [0, 0.05) is 43.4 Å². The van der Waals surface area contributed by atoms with Crippen molar-refractivity contribution < 1.29 is 4.42 Å². The third-order valence-electron chi connectivity index (χ3n) is 13.4. The summed E-state index contributed by atoms with van der Waals surface area (Å²) in [6.07, 6.45) is 0. The number of nitrogens with zero attached hydrogens (tertiary/aromatic N) is 5. The summed E-state index contributed by atoms with van der Waals surface area (Å²) in [6.45, 7) is 13.4. The molecule has 8 aromatic carbocycles. The molecule has 64 heavy (non-hydrogen) atoms. The van der Waals surface area contributed by atoms with Crippen LogP contribution < -0.4 is 0 Å². The van der Waals surface area contributed by atoms with Gasteiger partial charge in [0.2, 0.25) is 0 Å². The Bertz CT molecular complexity index is 3940. The molecule has 4 aromatic heterocycles. The maximum Gasteiger partial charge on any atom is 0.145 e. The average molecular weight is 826 g/mol. The molecule has 6 heteroatoms. The van der Waals surface area contributed by atoms with Crippen LogP contribution in [0.2, 0.25) is 0 Å². The van der Waals surface area contributed by atoms with Crippen LogP contribution in [0.5, 0.6) is 0 Å². The predicted octanol–water partition coefficient (Wildman–Crippen LogP) is 15.2. The molecule has 0 bridgehead atoms. The Balaban J connectivity index is 1.20. The Labute approximate surface area is 370 Å². The van der Waals surface area contributed by atoms with E-state index in [2.05, 4.69) is 189 Å². The highest BCUT2D eigenvalue weighted by Gasteiger charge is 2.26. The van der Waals surface area contributed by atoms with Gasteiger partial charge in [0.05, 0.1) is 61.5 Å². The lowest BCUT2D eigenvalue weighted by Crippen LogP contribution is -2.10. The summed E-state index contributed by atoms with van der Waals surface area (Å²) in [6, 6.07) is 58.4. The molecule has 12 rings (SSSR count). The van der Waals surface area contributed by atoms with Gasteiger partial charge < -0.3 is 18.1 Å². The second kappa shape index (κ2) is 13.2. The molecule has 0 aliphatic carbocycles. The molecule has 0 atom stereocenters. The lowest BCUT2D eigenvalue weighted by molar-refractivity contribution is 0.590. The number of furan rings is 1. The number of rotatable bonds is 3. The van der Waals surface area contributed by atoms with Crippen molar-refractivity contribution in [3.63, 3.8) is 0 Å². The fourth-order valence-electron chi connectivity index (χ4n) is 10.2. The van der Waals surface area contributed by atoms with Gasteiger partial charge in [-0.15, -0.1) is 0 Å². The minimum atomic E-state index is -0.0703. The number of benzene rings is 8. The Hall–Kier alpha value is -8.06. The maximum atomic E-state index is 11.5. The molecule has 0 spiro atoms. The van der Waals surface area contributed by atoms with Crippen LogP contribution in [0.15, 0.2) is 156 Å². The van der Waals surface area contributed by atoms with Gasteiger partial charge in [-0.05, 0) is 107 Å². The highest BCUT2D eigenvalue weighted by atomic mass is 16.3. The molecule has 0 radical (unpaired) electrons. The van der Waals surface area contributed by atoms with Gasteiger partial charge in [0.25, 0.3) is 0 Å². The van der Waals surface area contributed by atoms with Crippen molar-refractivity contribution in [3.8, 4) is 29.2 Å². The van der Waals surface area contributed by atoms with Gasteiger partial charge in [-0.2, -0.15) is 10.5 Å². The van der Waals surface area contributed by atoms with Crippen molar-refractivity contribution in [1.82, 2.24) is 13.7 Å². The van der Waals surface area contributed by atoms with E-state index in [1.54, 1.807) is 0 Å². The van der Waals surface area contributed by atoms with E-state index < -0.39 is 0 Å². The summed E-state index contributed by atoms with van der Waals surface area (Å²) in [4.78, 5) is 0. The number of hydrogen-bond donors (Lipinski definition) is 0. The van der Waals surface area contributed by atoms with E-state index >= 15 is 0 Å². The predicted molar refractivity (Wildman–Crippen MR) is 264 cm³/mol. The number of nitriles is 2. The van der Waals surface area contributed by atoms with Crippen molar-refractivity contribution in [2.24, 2.45) is 0 Å². The van der Waals surface area contributed by atoms with Crippen LogP contribution in [0, 0.1) is 22.7 Å². The lowest BCUT2D eigenvalue weighted by atomic mass is 9.85. The molecule has 0 N–H and O–H groups in total. The van der Waals surface area contributed by atoms with Crippen LogP contribution in [0.4, 0.5) is 0 Å². The highest BCUT2D eigenvalue weighted by Crippen LogP contribution is 2.45. The normalized spacial score (nSPS) is 12.5. The lowest BCUT2D eigenvalue weighted by Gasteiger charge is -2.19. The summed E-state index contributed by atoms with van der Waals surface area (Å²) < 4.78 is 13.5. The van der Waals surface area contributed by atoms with E-state index in [1.165, 1.54) is 21.9 Å². The minimum Gasteiger partial charge on any atom is -0.455 e. The molecule has 0 fully saturated rings. The third-order valence-corrected chi connectivity index (χ3v) is 13.4. The van der Waals surface area contributed by atoms with Gasteiger partial charge in [0.15, 0.2) is 0 Å². The smallest absolute Gasteiger partial charge is 0.145 e. The average Bonchev–Trinajstić information content (AvgIpc) is 4.03. The van der Waals surface area contributed by atoms with E-state index in [0.717, 1.165) is 82.3 Å². The summed E-state index contributed by atoms with van der Waals surface area (Å²) in [5, 5.41) is 30.9. The number of fused-ring (bicyclic) bond motifs is 13. The summed E-state index contributed by atoms with van der Waals surface area (Å²) in [5.41, 5.74) is 13.1. The van der Waals surface area contributed by atoms with Crippen molar-refractivity contribution in [3.05, 3.63) is 174 Å². The van der Waals surface area contributed by atoms with Crippen LogP contribution in [-0.2, 0) is 10.8 Å². The van der Waals surface area contributed by atoms with Crippen LogP contribution in [0.1, 0.15) is 63.8 Å². The molecule has 0 amide bonds. The number of aromatic nitrogens is 3. The van der Waals surface area contributed by atoms with Gasteiger partial charge >= 0.3 is 0 Å². The Morgan fingerprint density at radius 3 is 1.50 bits per heavy atom. The molecule has 6 nitrogen and oxygen atoms in total. The standard InChI is InChI=1S/C58H43N5O/c1-57(2,3)35-19-23-48-42(29-35)43-30-36(58(4,5)6)20-24-49(43)62(48)52-27-34(32-59)28-53(45(52)33-60)63-50-25-21-37(61-46-16-10-7-13-38(46)39-14-8-11-17-47(39)61)31-44(50)55-51(63)26-22-41-40-15-9-12-18-54(40)64-56(41)55/h7-31H,1-6H3. The van der Waals surface area contributed by atoms with Crippen molar-refractivity contribution in [2.45, 2.75) is 52.4 Å². The molecule has 306 valence electrons. The first-order valence-electron chi connectivity index (χ1n) is 21.9. The zero-order valence-electron chi connectivity index (χ0n) is 36.6. The minimum absolute atomic E-state index is 0.0703. The van der Waals surface area contributed by atoms with Gasteiger partial charge in [0.1, 0.15) is 22.8 Å². The first-order valence-corrected chi connectivity index (χ1v) is 21.9. The van der Waals surface area contributed by atoms with E-state index in [0.29, 0.717) is 22.5 Å². The summed E-state index contributed by atoms with van der Waals surface area (Å²) >= 11 is 0. The molecule has 0 saturated heterocycles. The zero-order chi connectivity index (χ0) is 43.8. The zero-order valence-corrected chi connectivity index (χ0v) is 36.6. The quantitative estimate of drug-likeness (QED) is 0.178. The summed E-state index contributed by atoms with van der Waals surface area (Å²) in [5.74, 6) is 0. The molecule has 0 aliphatic heterocycles. The second-order valence-electron chi connectivity index (χ2n) is 19.3.